The highest BCUT2D eigenvalue weighted by molar-refractivity contribution is 6.31. The van der Waals surface area contributed by atoms with Crippen LogP contribution in [-0.2, 0) is 11.3 Å². The maximum atomic E-state index is 12.1. The number of carbonyl (C=O) groups excluding carboxylic acids is 1. The fourth-order valence-electron chi connectivity index (χ4n) is 1.95. The maximum absolute atomic E-state index is 12.1. The number of carbonyl (C=O) groups is 1. The average molecular weight is 314 g/mol. The highest BCUT2D eigenvalue weighted by Gasteiger charge is 2.18. The molecule has 0 radical (unpaired) electrons. The number of nitrogens with one attached hydrogen (secondary N) is 1. The summed E-state index contributed by atoms with van der Waals surface area (Å²) in [5, 5.41) is 14.1. The molecule has 0 fully saturated rings. The summed E-state index contributed by atoms with van der Waals surface area (Å²) in [5.41, 5.74) is 0.678. The third-order valence-corrected chi connectivity index (χ3v) is 3.64. The molecule has 1 aromatic carbocycles. The normalized spacial score (nSPS) is 12.0. The second-order valence-corrected chi connectivity index (χ2v) is 5.05. The van der Waals surface area contributed by atoms with Crippen LogP contribution in [-0.4, -0.2) is 34.9 Å². The Bertz CT molecular complexity index is 518. The van der Waals surface area contributed by atoms with E-state index in [1.54, 1.807) is 17.9 Å². The van der Waals surface area contributed by atoms with Gasteiger partial charge in [-0.25, -0.2) is 0 Å². The SMILES string of the molecule is CCN(CC)C(=O)C(C)NCc1ccc([N+](=O)[O-])cc1Cl. The minimum Gasteiger partial charge on any atom is -0.342 e. The van der Waals surface area contributed by atoms with E-state index in [1.165, 1.54) is 12.1 Å². The first-order valence-corrected chi connectivity index (χ1v) is 7.23. The van der Waals surface area contributed by atoms with Gasteiger partial charge in [0.1, 0.15) is 0 Å². The quantitative estimate of drug-likeness (QED) is 0.620. The minimum absolute atomic E-state index is 0.0260. The minimum atomic E-state index is -0.490. The lowest BCUT2D eigenvalue weighted by atomic mass is 10.2. The van der Waals surface area contributed by atoms with Crippen molar-refractivity contribution in [2.45, 2.75) is 33.4 Å². The molecule has 0 saturated carbocycles. The fourth-order valence-corrected chi connectivity index (χ4v) is 2.19. The summed E-state index contributed by atoms with van der Waals surface area (Å²) in [6, 6.07) is 3.98. The largest absolute Gasteiger partial charge is 0.342 e. The van der Waals surface area contributed by atoms with Gasteiger partial charge in [0.25, 0.3) is 5.69 Å². The predicted octanol–water partition coefficient (Wildman–Crippen LogP) is 2.59. The summed E-state index contributed by atoms with van der Waals surface area (Å²) in [6.45, 7) is 7.37. The van der Waals surface area contributed by atoms with Crippen molar-refractivity contribution in [1.29, 1.82) is 0 Å². The molecule has 0 aliphatic carbocycles. The van der Waals surface area contributed by atoms with Crippen molar-refractivity contribution in [3.05, 3.63) is 38.9 Å². The van der Waals surface area contributed by atoms with Gasteiger partial charge in [0, 0.05) is 31.8 Å². The van der Waals surface area contributed by atoms with Crippen LogP contribution >= 0.6 is 11.6 Å². The van der Waals surface area contributed by atoms with Crippen molar-refractivity contribution >= 4 is 23.2 Å². The second kappa shape index (κ2) is 7.95. The maximum Gasteiger partial charge on any atom is 0.270 e. The summed E-state index contributed by atoms with van der Waals surface area (Å²) >= 11 is 6.01. The second-order valence-electron chi connectivity index (χ2n) is 4.65. The van der Waals surface area contributed by atoms with E-state index in [2.05, 4.69) is 5.32 Å². The van der Waals surface area contributed by atoms with Gasteiger partial charge < -0.3 is 10.2 Å². The molecular weight excluding hydrogens is 294 g/mol. The van der Waals surface area contributed by atoms with Gasteiger partial charge in [-0.3, -0.25) is 14.9 Å². The van der Waals surface area contributed by atoms with E-state index in [0.717, 1.165) is 5.56 Å². The lowest BCUT2D eigenvalue weighted by molar-refractivity contribution is -0.384. The Balaban J connectivity index is 2.67. The van der Waals surface area contributed by atoms with Crippen molar-refractivity contribution in [2.24, 2.45) is 0 Å². The molecule has 7 heteroatoms. The first-order valence-electron chi connectivity index (χ1n) is 6.85. The number of benzene rings is 1. The molecule has 116 valence electrons. The van der Waals surface area contributed by atoms with E-state index in [1.807, 2.05) is 13.8 Å². The van der Waals surface area contributed by atoms with Crippen molar-refractivity contribution in [3.8, 4) is 0 Å². The van der Waals surface area contributed by atoms with Gasteiger partial charge in [0.05, 0.1) is 16.0 Å². The van der Waals surface area contributed by atoms with Crippen LogP contribution in [0.3, 0.4) is 0 Å². The Labute approximate surface area is 129 Å². The number of non-ortho nitro benzene ring substituents is 1. The van der Waals surface area contributed by atoms with Crippen LogP contribution in [0, 0.1) is 10.1 Å². The molecule has 0 bridgehead atoms. The van der Waals surface area contributed by atoms with Crippen LogP contribution in [0.1, 0.15) is 26.3 Å². The number of likely N-dealkylation sites (N-methyl/N-ethyl adjacent to an activating group) is 1. The van der Waals surface area contributed by atoms with Crippen LogP contribution in [0.25, 0.3) is 0 Å². The number of nitro benzene ring substituents is 1. The van der Waals surface area contributed by atoms with Crippen LogP contribution in [0.15, 0.2) is 18.2 Å². The Morgan fingerprint density at radius 2 is 2.05 bits per heavy atom. The predicted molar refractivity (Wildman–Crippen MR) is 82.3 cm³/mol. The lowest BCUT2D eigenvalue weighted by Gasteiger charge is -2.23. The molecule has 1 aromatic rings. The zero-order chi connectivity index (χ0) is 16.0. The zero-order valence-electron chi connectivity index (χ0n) is 12.4. The molecule has 1 atom stereocenters. The van der Waals surface area contributed by atoms with Crippen molar-refractivity contribution in [1.82, 2.24) is 10.2 Å². The molecule has 0 saturated heterocycles. The highest BCUT2D eigenvalue weighted by Crippen LogP contribution is 2.22. The average Bonchev–Trinajstić information content (AvgIpc) is 2.46. The third kappa shape index (κ3) is 4.68. The number of nitrogens with zero attached hydrogens (tertiary/aromatic N) is 2. The number of halogens is 1. The standard InChI is InChI=1S/C14H20ClN3O3/c1-4-17(5-2)14(19)10(3)16-9-11-6-7-12(18(20)21)8-13(11)15/h6-8,10,16H,4-5,9H2,1-3H3. The van der Waals surface area contributed by atoms with E-state index < -0.39 is 4.92 Å². The molecule has 21 heavy (non-hydrogen) atoms. The van der Waals surface area contributed by atoms with Gasteiger partial charge in [-0.15, -0.1) is 0 Å². The molecule has 1 unspecified atom stereocenters. The molecule has 1 N–H and O–H groups in total. The van der Waals surface area contributed by atoms with Gasteiger partial charge in [-0.2, -0.15) is 0 Å². The molecule has 1 rings (SSSR count). The van der Waals surface area contributed by atoms with Crippen LogP contribution in [0.2, 0.25) is 5.02 Å². The molecule has 0 aliphatic rings. The smallest absolute Gasteiger partial charge is 0.270 e. The Morgan fingerprint density at radius 3 is 2.52 bits per heavy atom. The molecule has 0 spiro atoms. The zero-order valence-corrected chi connectivity index (χ0v) is 13.2. The highest BCUT2D eigenvalue weighted by atomic mass is 35.5. The fraction of sp³-hybridized carbons (Fsp3) is 0.500. The number of rotatable bonds is 7. The van der Waals surface area contributed by atoms with Crippen LogP contribution in [0.5, 0.6) is 0 Å². The molecule has 6 nitrogen and oxygen atoms in total. The lowest BCUT2D eigenvalue weighted by Crippen LogP contribution is -2.44. The van der Waals surface area contributed by atoms with Gasteiger partial charge in [0.2, 0.25) is 5.91 Å². The molecule has 0 heterocycles. The topological polar surface area (TPSA) is 75.5 Å². The third-order valence-electron chi connectivity index (χ3n) is 3.29. The van der Waals surface area contributed by atoms with Crippen molar-refractivity contribution in [2.75, 3.05) is 13.1 Å². The first kappa shape index (κ1) is 17.4. The van der Waals surface area contributed by atoms with Gasteiger partial charge in [-0.1, -0.05) is 11.6 Å². The van der Waals surface area contributed by atoms with Crippen molar-refractivity contribution < 1.29 is 9.72 Å². The summed E-state index contributed by atoms with van der Waals surface area (Å²) in [4.78, 5) is 24.0. The van der Waals surface area contributed by atoms with E-state index in [0.29, 0.717) is 24.7 Å². The number of amides is 1. The first-order chi connectivity index (χ1) is 9.90. The van der Waals surface area contributed by atoms with Gasteiger partial charge in [-0.05, 0) is 32.4 Å². The molecule has 0 aromatic heterocycles. The number of hydrogen-bond acceptors (Lipinski definition) is 4. The number of hydrogen-bond donors (Lipinski definition) is 1. The van der Waals surface area contributed by atoms with E-state index in [9.17, 15) is 14.9 Å². The van der Waals surface area contributed by atoms with E-state index >= 15 is 0 Å². The molecule has 1 amide bonds. The summed E-state index contributed by atoms with van der Waals surface area (Å²) < 4.78 is 0. The molecular formula is C14H20ClN3O3. The Hall–Kier alpha value is -1.66. The van der Waals surface area contributed by atoms with Gasteiger partial charge in [0.15, 0.2) is 0 Å². The van der Waals surface area contributed by atoms with Crippen LogP contribution in [0.4, 0.5) is 5.69 Å². The molecule has 0 aliphatic heterocycles. The van der Waals surface area contributed by atoms with E-state index in [-0.39, 0.29) is 17.6 Å². The Kier molecular flexibility index (Phi) is 6.58. The summed E-state index contributed by atoms with van der Waals surface area (Å²) in [5.74, 6) is 0.0260. The Morgan fingerprint density at radius 1 is 1.43 bits per heavy atom. The summed E-state index contributed by atoms with van der Waals surface area (Å²) in [7, 11) is 0. The van der Waals surface area contributed by atoms with Crippen molar-refractivity contribution in [3.63, 3.8) is 0 Å². The van der Waals surface area contributed by atoms with Crippen LogP contribution < -0.4 is 5.32 Å². The monoisotopic (exact) mass is 313 g/mol. The van der Waals surface area contributed by atoms with E-state index in [4.69, 9.17) is 11.6 Å². The summed E-state index contributed by atoms with van der Waals surface area (Å²) in [6.07, 6.45) is 0. The van der Waals surface area contributed by atoms with Gasteiger partial charge >= 0.3 is 0 Å². The number of nitro groups is 1.